The smallest absolute Gasteiger partial charge is 0.141 e. The Labute approximate surface area is 83.2 Å². The maximum Gasteiger partial charge on any atom is 0.141 e. The number of nitrogens with one attached hydrogen (secondary N) is 1. The molecule has 4 nitrogen and oxygen atoms in total. The average Bonchev–Trinajstić information content (AvgIpc) is 2.79. The standard InChI is InChI=1S/C10H15N3O/c1-2-10-8(7-12-14-10)9(1)13-5-3-11-4-6-13/h7,9,11H,1-6H2. The van der Waals surface area contributed by atoms with Gasteiger partial charge in [0, 0.05) is 44.2 Å². The predicted octanol–water partition coefficient (Wildman–Crippen LogP) is 0.567. The van der Waals surface area contributed by atoms with E-state index in [1.54, 1.807) is 0 Å². The summed E-state index contributed by atoms with van der Waals surface area (Å²) < 4.78 is 5.20. The van der Waals surface area contributed by atoms with E-state index < -0.39 is 0 Å². The van der Waals surface area contributed by atoms with Gasteiger partial charge in [-0.25, -0.2) is 0 Å². The summed E-state index contributed by atoms with van der Waals surface area (Å²) in [4.78, 5) is 2.54. The second-order valence-corrected chi connectivity index (χ2v) is 4.04. The van der Waals surface area contributed by atoms with Gasteiger partial charge in [-0.3, -0.25) is 4.90 Å². The van der Waals surface area contributed by atoms with Crippen LogP contribution in [0.25, 0.3) is 0 Å². The van der Waals surface area contributed by atoms with Crippen LogP contribution in [-0.2, 0) is 6.42 Å². The summed E-state index contributed by atoms with van der Waals surface area (Å²) in [7, 11) is 0. The molecule has 1 fully saturated rings. The fourth-order valence-electron chi connectivity index (χ4n) is 2.53. The molecule has 2 heterocycles. The van der Waals surface area contributed by atoms with Gasteiger partial charge in [0.05, 0.1) is 6.20 Å². The first-order valence-electron chi connectivity index (χ1n) is 5.33. The molecule has 0 spiro atoms. The number of aryl methyl sites for hydroxylation is 1. The third-order valence-electron chi connectivity index (χ3n) is 3.27. The third-order valence-corrected chi connectivity index (χ3v) is 3.27. The van der Waals surface area contributed by atoms with Crippen molar-refractivity contribution in [2.24, 2.45) is 0 Å². The molecule has 1 aromatic rings. The normalized spacial score (nSPS) is 27.9. The first kappa shape index (κ1) is 8.44. The second-order valence-electron chi connectivity index (χ2n) is 4.04. The highest BCUT2D eigenvalue weighted by molar-refractivity contribution is 5.24. The highest BCUT2D eigenvalue weighted by Gasteiger charge is 2.31. The van der Waals surface area contributed by atoms with Gasteiger partial charge >= 0.3 is 0 Å². The van der Waals surface area contributed by atoms with E-state index in [0.717, 1.165) is 38.4 Å². The number of rotatable bonds is 1. The monoisotopic (exact) mass is 193 g/mol. The summed E-state index contributed by atoms with van der Waals surface area (Å²) in [5, 5.41) is 7.25. The zero-order valence-corrected chi connectivity index (χ0v) is 8.20. The van der Waals surface area contributed by atoms with Gasteiger partial charge in [0.15, 0.2) is 0 Å². The Morgan fingerprint density at radius 2 is 2.29 bits per heavy atom. The zero-order chi connectivity index (χ0) is 9.38. The van der Waals surface area contributed by atoms with Gasteiger partial charge in [0.1, 0.15) is 5.76 Å². The van der Waals surface area contributed by atoms with Crippen LogP contribution in [0.2, 0.25) is 0 Å². The molecule has 0 amide bonds. The van der Waals surface area contributed by atoms with E-state index in [0.29, 0.717) is 6.04 Å². The minimum absolute atomic E-state index is 0.568. The first-order chi connectivity index (χ1) is 6.95. The second kappa shape index (κ2) is 3.37. The Morgan fingerprint density at radius 3 is 3.14 bits per heavy atom. The van der Waals surface area contributed by atoms with E-state index in [1.165, 1.54) is 12.0 Å². The number of aromatic nitrogens is 1. The van der Waals surface area contributed by atoms with Crippen LogP contribution in [0.5, 0.6) is 0 Å². The largest absolute Gasteiger partial charge is 0.361 e. The lowest BCUT2D eigenvalue weighted by Crippen LogP contribution is -2.44. The van der Waals surface area contributed by atoms with Gasteiger partial charge in [0.25, 0.3) is 0 Å². The highest BCUT2D eigenvalue weighted by Crippen LogP contribution is 2.35. The highest BCUT2D eigenvalue weighted by atomic mass is 16.5. The molecule has 1 aliphatic carbocycles. The number of fused-ring (bicyclic) bond motifs is 1. The van der Waals surface area contributed by atoms with Gasteiger partial charge in [-0.05, 0) is 6.42 Å². The lowest BCUT2D eigenvalue weighted by atomic mass is 10.1. The van der Waals surface area contributed by atoms with Gasteiger partial charge in [-0.1, -0.05) is 5.16 Å². The Hall–Kier alpha value is -0.870. The van der Waals surface area contributed by atoms with Crippen LogP contribution in [0.3, 0.4) is 0 Å². The van der Waals surface area contributed by atoms with Crippen LogP contribution >= 0.6 is 0 Å². The van der Waals surface area contributed by atoms with E-state index >= 15 is 0 Å². The van der Waals surface area contributed by atoms with Crippen LogP contribution in [0.4, 0.5) is 0 Å². The summed E-state index contributed by atoms with van der Waals surface area (Å²) >= 11 is 0. The molecule has 1 aromatic heterocycles. The molecule has 76 valence electrons. The van der Waals surface area contributed by atoms with Crippen LogP contribution < -0.4 is 5.32 Å². The molecule has 3 rings (SSSR count). The summed E-state index contributed by atoms with van der Waals surface area (Å²) in [5.74, 6) is 1.11. The van der Waals surface area contributed by atoms with Crippen molar-refractivity contribution in [2.45, 2.75) is 18.9 Å². The Kier molecular flexibility index (Phi) is 2.03. The number of hydrogen-bond donors (Lipinski definition) is 1. The maximum absolute atomic E-state index is 5.20. The Bertz CT molecular complexity index is 317. The maximum atomic E-state index is 5.20. The van der Waals surface area contributed by atoms with Crippen molar-refractivity contribution in [2.75, 3.05) is 26.2 Å². The van der Waals surface area contributed by atoms with Crippen molar-refractivity contribution < 1.29 is 4.52 Å². The predicted molar refractivity (Wildman–Crippen MR) is 52.0 cm³/mol. The van der Waals surface area contributed by atoms with Gasteiger partial charge in [-0.15, -0.1) is 0 Å². The van der Waals surface area contributed by atoms with Crippen molar-refractivity contribution in [3.05, 3.63) is 17.5 Å². The molecule has 1 saturated heterocycles. The van der Waals surface area contributed by atoms with Crippen LogP contribution in [0.1, 0.15) is 23.8 Å². The zero-order valence-electron chi connectivity index (χ0n) is 8.20. The number of nitrogens with zero attached hydrogens (tertiary/aromatic N) is 2. The van der Waals surface area contributed by atoms with Crippen LogP contribution in [0.15, 0.2) is 10.7 Å². The average molecular weight is 193 g/mol. The van der Waals surface area contributed by atoms with E-state index in [2.05, 4.69) is 15.4 Å². The molecule has 4 heteroatoms. The van der Waals surface area contributed by atoms with Crippen molar-refractivity contribution in [1.29, 1.82) is 0 Å². The third kappa shape index (κ3) is 1.26. The summed E-state index contributed by atoms with van der Waals surface area (Å²) in [5.41, 5.74) is 1.33. The minimum atomic E-state index is 0.568. The Balaban J connectivity index is 1.80. The van der Waals surface area contributed by atoms with Gasteiger partial charge < -0.3 is 9.84 Å². The molecule has 0 radical (unpaired) electrons. The molecule has 1 N–H and O–H groups in total. The van der Waals surface area contributed by atoms with Crippen LogP contribution in [0, 0.1) is 0 Å². The first-order valence-corrected chi connectivity index (χ1v) is 5.33. The Morgan fingerprint density at radius 1 is 1.43 bits per heavy atom. The van der Waals surface area contributed by atoms with E-state index in [1.807, 2.05) is 6.20 Å². The summed E-state index contributed by atoms with van der Waals surface area (Å²) in [6, 6.07) is 0.568. The fraction of sp³-hybridized carbons (Fsp3) is 0.700. The van der Waals surface area contributed by atoms with E-state index in [4.69, 9.17) is 4.52 Å². The molecular weight excluding hydrogens is 178 g/mol. The number of piperazine rings is 1. The van der Waals surface area contributed by atoms with Crippen molar-refractivity contribution >= 4 is 0 Å². The topological polar surface area (TPSA) is 41.3 Å². The number of hydrogen-bond acceptors (Lipinski definition) is 4. The molecule has 1 aliphatic heterocycles. The lowest BCUT2D eigenvalue weighted by Gasteiger charge is -2.32. The van der Waals surface area contributed by atoms with Crippen molar-refractivity contribution in [3.8, 4) is 0 Å². The van der Waals surface area contributed by atoms with Crippen molar-refractivity contribution in [1.82, 2.24) is 15.4 Å². The SMILES string of the molecule is c1noc2c1C(N1CCNCC1)CC2. The van der Waals surface area contributed by atoms with Gasteiger partial charge in [0.2, 0.25) is 0 Å². The molecular formula is C10H15N3O. The molecule has 1 unspecified atom stereocenters. The summed E-state index contributed by atoms with van der Waals surface area (Å²) in [6.45, 7) is 4.51. The molecule has 1 atom stereocenters. The lowest BCUT2D eigenvalue weighted by molar-refractivity contribution is 0.173. The molecule has 2 aliphatic rings. The molecule has 0 saturated carbocycles. The fourth-order valence-corrected chi connectivity index (χ4v) is 2.53. The molecule has 0 aromatic carbocycles. The van der Waals surface area contributed by atoms with Crippen molar-refractivity contribution in [3.63, 3.8) is 0 Å². The van der Waals surface area contributed by atoms with E-state index in [-0.39, 0.29) is 0 Å². The molecule has 14 heavy (non-hydrogen) atoms. The minimum Gasteiger partial charge on any atom is -0.361 e. The molecule has 0 bridgehead atoms. The summed E-state index contributed by atoms with van der Waals surface area (Å²) in [6.07, 6.45) is 4.16. The van der Waals surface area contributed by atoms with Crippen LogP contribution in [-0.4, -0.2) is 36.2 Å². The van der Waals surface area contributed by atoms with E-state index in [9.17, 15) is 0 Å². The van der Waals surface area contributed by atoms with Gasteiger partial charge in [-0.2, -0.15) is 0 Å². The quantitative estimate of drug-likeness (QED) is 0.708.